The van der Waals surface area contributed by atoms with Crippen molar-refractivity contribution in [3.8, 4) is 0 Å². The molecule has 16 heavy (non-hydrogen) atoms. The van der Waals surface area contributed by atoms with Crippen molar-refractivity contribution in [1.82, 2.24) is 0 Å². The standard InChI is InChI=1S/C9H9F6O/c10-8(11,12)6-1-5(4-16)2-7(3-6)9(13,14)15/h5-7H,1-3H2. The maximum atomic E-state index is 12.3. The van der Waals surface area contributed by atoms with E-state index in [4.69, 9.17) is 0 Å². The van der Waals surface area contributed by atoms with Crippen LogP contribution in [0.4, 0.5) is 26.3 Å². The van der Waals surface area contributed by atoms with Crippen LogP contribution in [0.1, 0.15) is 19.3 Å². The van der Waals surface area contributed by atoms with Crippen LogP contribution in [0.3, 0.4) is 0 Å². The van der Waals surface area contributed by atoms with Crippen LogP contribution in [-0.4, -0.2) is 18.6 Å². The molecule has 1 aliphatic carbocycles. The maximum absolute atomic E-state index is 12.3. The van der Waals surface area contributed by atoms with E-state index < -0.39 is 49.4 Å². The van der Waals surface area contributed by atoms with Crippen molar-refractivity contribution in [3.63, 3.8) is 0 Å². The quantitative estimate of drug-likeness (QED) is 0.650. The second kappa shape index (κ2) is 4.25. The predicted octanol–water partition coefficient (Wildman–Crippen LogP) is 3.25. The van der Waals surface area contributed by atoms with E-state index in [2.05, 4.69) is 0 Å². The highest BCUT2D eigenvalue weighted by Crippen LogP contribution is 2.46. The lowest BCUT2D eigenvalue weighted by molar-refractivity contribution is -0.225. The number of hydrogen-bond acceptors (Lipinski definition) is 1. The first-order valence-corrected chi connectivity index (χ1v) is 4.65. The Morgan fingerprint density at radius 3 is 1.44 bits per heavy atom. The zero-order valence-corrected chi connectivity index (χ0v) is 8.03. The van der Waals surface area contributed by atoms with Crippen molar-refractivity contribution in [2.75, 3.05) is 0 Å². The van der Waals surface area contributed by atoms with Crippen LogP contribution in [0.5, 0.6) is 0 Å². The summed E-state index contributed by atoms with van der Waals surface area (Å²) in [6.07, 6.45) is -10.3. The summed E-state index contributed by atoms with van der Waals surface area (Å²) in [5.41, 5.74) is 0. The molecule has 1 rings (SSSR count). The lowest BCUT2D eigenvalue weighted by Crippen LogP contribution is -2.38. The highest BCUT2D eigenvalue weighted by Gasteiger charge is 2.51. The summed E-state index contributed by atoms with van der Waals surface area (Å²) in [5.74, 6) is -5.38. The fraction of sp³-hybridized carbons (Fsp3) is 0.889. The number of hydrogen-bond donors (Lipinski definition) is 0. The molecule has 0 saturated heterocycles. The van der Waals surface area contributed by atoms with Crippen LogP contribution in [0.2, 0.25) is 0 Å². The summed E-state index contributed by atoms with van der Waals surface area (Å²) in [4.78, 5) is 10.2. The molecule has 0 aliphatic heterocycles. The van der Waals surface area contributed by atoms with Gasteiger partial charge in [-0.25, -0.2) is 0 Å². The average molecular weight is 247 g/mol. The van der Waals surface area contributed by atoms with Gasteiger partial charge in [0.05, 0.1) is 11.8 Å². The third-order valence-corrected chi connectivity index (χ3v) is 2.80. The lowest BCUT2D eigenvalue weighted by atomic mass is 9.75. The highest BCUT2D eigenvalue weighted by molar-refractivity contribution is 5.54. The molecule has 1 nitrogen and oxygen atoms in total. The van der Waals surface area contributed by atoms with Gasteiger partial charge in [-0.1, -0.05) is 0 Å². The number of halogens is 6. The van der Waals surface area contributed by atoms with Crippen molar-refractivity contribution in [2.45, 2.75) is 31.6 Å². The topological polar surface area (TPSA) is 17.1 Å². The lowest BCUT2D eigenvalue weighted by Gasteiger charge is -2.34. The zero-order chi connectivity index (χ0) is 12.6. The minimum absolute atomic E-state index is 0.584. The third-order valence-electron chi connectivity index (χ3n) is 2.80. The summed E-state index contributed by atoms with van der Waals surface area (Å²) in [7, 11) is 0. The number of carbonyl (C=O) groups excluding carboxylic acids is 1. The van der Waals surface area contributed by atoms with E-state index in [1.54, 1.807) is 0 Å². The summed E-state index contributed by atoms with van der Waals surface area (Å²) in [5, 5.41) is 0. The molecule has 0 bridgehead atoms. The summed E-state index contributed by atoms with van der Waals surface area (Å²) in [6, 6.07) is 0. The molecule has 1 aliphatic rings. The van der Waals surface area contributed by atoms with Crippen LogP contribution in [0, 0.1) is 17.8 Å². The van der Waals surface area contributed by atoms with E-state index in [1.165, 1.54) is 6.29 Å². The fourth-order valence-corrected chi connectivity index (χ4v) is 1.95. The first-order chi connectivity index (χ1) is 7.14. The first kappa shape index (κ1) is 13.3. The molecule has 0 spiro atoms. The third kappa shape index (κ3) is 3.12. The molecule has 1 fully saturated rings. The van der Waals surface area contributed by atoms with Gasteiger partial charge in [-0.05, 0) is 19.3 Å². The summed E-state index contributed by atoms with van der Waals surface area (Å²) >= 11 is 0. The Bertz CT molecular complexity index is 234. The molecule has 0 heterocycles. The van der Waals surface area contributed by atoms with E-state index in [1.807, 2.05) is 0 Å². The van der Waals surface area contributed by atoms with Gasteiger partial charge in [0.25, 0.3) is 0 Å². The molecule has 0 amide bonds. The van der Waals surface area contributed by atoms with Crippen LogP contribution in [0.25, 0.3) is 0 Å². The Morgan fingerprint density at radius 1 is 0.812 bits per heavy atom. The van der Waals surface area contributed by atoms with Crippen LogP contribution < -0.4 is 0 Å². The molecule has 0 aromatic rings. The van der Waals surface area contributed by atoms with Crippen LogP contribution in [-0.2, 0) is 4.79 Å². The van der Waals surface area contributed by atoms with E-state index in [0.717, 1.165) is 0 Å². The molecular formula is C9H9F6O. The Kier molecular flexibility index (Phi) is 3.54. The molecular weight excluding hydrogens is 238 g/mol. The van der Waals surface area contributed by atoms with Gasteiger partial charge in [0, 0.05) is 5.92 Å². The van der Waals surface area contributed by atoms with E-state index in [-0.39, 0.29) is 0 Å². The zero-order valence-electron chi connectivity index (χ0n) is 8.03. The van der Waals surface area contributed by atoms with E-state index in [9.17, 15) is 31.1 Å². The molecule has 0 aromatic heterocycles. The predicted molar refractivity (Wildman–Crippen MR) is 42.1 cm³/mol. The van der Waals surface area contributed by atoms with Gasteiger partial charge in [-0.2, -0.15) is 26.3 Å². The van der Waals surface area contributed by atoms with Gasteiger partial charge in [-0.15, -0.1) is 0 Å². The largest absolute Gasteiger partial charge is 0.391 e. The van der Waals surface area contributed by atoms with Crippen molar-refractivity contribution >= 4 is 6.29 Å². The molecule has 7 heteroatoms. The smallest absolute Gasteiger partial charge is 0.291 e. The molecule has 2 unspecified atom stereocenters. The Labute approximate surface area is 87.8 Å². The van der Waals surface area contributed by atoms with Gasteiger partial charge in [0.15, 0.2) is 0 Å². The number of alkyl halides is 6. The molecule has 2 atom stereocenters. The van der Waals surface area contributed by atoms with Gasteiger partial charge in [0.2, 0.25) is 6.29 Å². The van der Waals surface area contributed by atoms with Crippen LogP contribution in [0.15, 0.2) is 0 Å². The van der Waals surface area contributed by atoms with E-state index >= 15 is 0 Å². The summed E-state index contributed by atoms with van der Waals surface area (Å²) in [6.45, 7) is 0. The normalized spacial score (nSPS) is 32.5. The molecule has 1 saturated carbocycles. The number of rotatable bonds is 1. The highest BCUT2D eigenvalue weighted by atomic mass is 19.4. The molecule has 0 aromatic carbocycles. The van der Waals surface area contributed by atoms with Gasteiger partial charge in [0.1, 0.15) is 0 Å². The van der Waals surface area contributed by atoms with Crippen molar-refractivity contribution < 1.29 is 31.1 Å². The van der Waals surface area contributed by atoms with Gasteiger partial charge in [-0.3, -0.25) is 4.79 Å². The first-order valence-electron chi connectivity index (χ1n) is 4.65. The fourth-order valence-electron chi connectivity index (χ4n) is 1.95. The van der Waals surface area contributed by atoms with Crippen molar-refractivity contribution in [1.29, 1.82) is 0 Å². The van der Waals surface area contributed by atoms with E-state index in [0.29, 0.717) is 0 Å². The Hall–Kier alpha value is -0.750. The maximum Gasteiger partial charge on any atom is 0.391 e. The Balaban J connectivity index is 2.81. The van der Waals surface area contributed by atoms with Gasteiger partial charge < -0.3 is 0 Å². The Morgan fingerprint density at radius 2 is 1.19 bits per heavy atom. The SMILES string of the molecule is O=[C]C1CC(C(F)(F)F)CC(C(F)(F)F)C1. The van der Waals surface area contributed by atoms with Gasteiger partial charge >= 0.3 is 12.4 Å². The molecule has 0 N–H and O–H groups in total. The second-order valence-corrected chi connectivity index (χ2v) is 4.00. The minimum atomic E-state index is -4.68. The molecule has 93 valence electrons. The summed E-state index contributed by atoms with van der Waals surface area (Å²) < 4.78 is 73.9. The van der Waals surface area contributed by atoms with Crippen LogP contribution >= 0.6 is 0 Å². The molecule has 1 radical (unpaired) electrons. The average Bonchev–Trinajstić information content (AvgIpc) is 2.14. The van der Waals surface area contributed by atoms with Crippen molar-refractivity contribution in [3.05, 3.63) is 0 Å². The monoisotopic (exact) mass is 247 g/mol. The second-order valence-electron chi connectivity index (χ2n) is 4.00. The van der Waals surface area contributed by atoms with Crippen molar-refractivity contribution in [2.24, 2.45) is 17.8 Å². The minimum Gasteiger partial charge on any atom is -0.291 e.